The van der Waals surface area contributed by atoms with Gasteiger partial charge < -0.3 is 0 Å². The van der Waals surface area contributed by atoms with Crippen LogP contribution in [0.25, 0.3) is 10.8 Å². The van der Waals surface area contributed by atoms with Crippen molar-refractivity contribution in [3.05, 3.63) is 68.8 Å². The van der Waals surface area contributed by atoms with Gasteiger partial charge in [-0.2, -0.15) is 0 Å². The fourth-order valence-electron chi connectivity index (χ4n) is 2.29. The number of fused-ring (bicyclic) bond motifs is 1. The largest absolute Gasteiger partial charge is 0.146 e. The molecule has 0 aliphatic rings. The molecule has 0 radical (unpaired) electrons. The van der Waals surface area contributed by atoms with E-state index < -0.39 is 0 Å². The molecule has 96 valence electrons. The Morgan fingerprint density at radius 3 is 2.63 bits per heavy atom. The van der Waals surface area contributed by atoms with Crippen LogP contribution in [-0.2, 0) is 6.42 Å². The Morgan fingerprint density at radius 2 is 1.84 bits per heavy atom. The lowest BCUT2D eigenvalue weighted by atomic mass is 10.0. The first-order valence-electron chi connectivity index (χ1n) is 6.09. The summed E-state index contributed by atoms with van der Waals surface area (Å²) >= 11 is 11.8. The predicted molar refractivity (Wildman–Crippen MR) is 88.3 cm³/mol. The topological polar surface area (TPSA) is 0 Å². The van der Waals surface area contributed by atoms with Crippen LogP contribution in [0.1, 0.15) is 15.8 Å². The molecule has 0 amide bonds. The molecule has 0 aliphatic heterocycles. The molecule has 3 heteroatoms. The highest BCUT2D eigenvalue weighted by Crippen LogP contribution is 2.36. The highest BCUT2D eigenvalue weighted by Gasteiger charge is 2.14. The smallest absolute Gasteiger partial charge is 0.0730 e. The molecular weight excluding hydrogens is 340 g/mol. The molecule has 0 nitrogen and oxygen atoms in total. The molecule has 0 fully saturated rings. The number of rotatable bonds is 3. The van der Waals surface area contributed by atoms with Crippen LogP contribution in [0.4, 0.5) is 0 Å². The van der Waals surface area contributed by atoms with Crippen LogP contribution in [0.2, 0.25) is 0 Å². The van der Waals surface area contributed by atoms with Crippen molar-refractivity contribution >= 4 is 49.6 Å². The Balaban J connectivity index is 1.96. The van der Waals surface area contributed by atoms with Crippen LogP contribution in [0, 0.1) is 0 Å². The Hall–Kier alpha value is -0.830. The summed E-state index contributed by atoms with van der Waals surface area (Å²) in [5, 5.41) is 4.65. The fourth-order valence-corrected chi connectivity index (χ4v) is 4.48. The molecule has 3 rings (SSSR count). The second-order valence-electron chi connectivity index (χ2n) is 4.44. The number of thiophene rings is 1. The average molecular weight is 352 g/mol. The van der Waals surface area contributed by atoms with Crippen molar-refractivity contribution in [1.29, 1.82) is 0 Å². The maximum atomic E-state index is 6.57. The Labute approximate surface area is 130 Å². The Kier molecular flexibility index (Phi) is 3.92. The third kappa shape index (κ3) is 2.71. The van der Waals surface area contributed by atoms with E-state index >= 15 is 0 Å². The lowest BCUT2D eigenvalue weighted by molar-refractivity contribution is 0.944. The van der Waals surface area contributed by atoms with Crippen molar-refractivity contribution in [3.63, 3.8) is 0 Å². The van der Waals surface area contributed by atoms with Gasteiger partial charge in [0.25, 0.3) is 0 Å². The monoisotopic (exact) mass is 350 g/mol. The van der Waals surface area contributed by atoms with E-state index in [1.807, 2.05) is 0 Å². The lowest BCUT2D eigenvalue weighted by Gasteiger charge is -2.11. The van der Waals surface area contributed by atoms with E-state index in [4.69, 9.17) is 11.6 Å². The first kappa shape index (κ1) is 13.2. The van der Waals surface area contributed by atoms with Gasteiger partial charge in [0.05, 0.1) is 5.38 Å². The lowest BCUT2D eigenvalue weighted by Crippen LogP contribution is -1.95. The van der Waals surface area contributed by atoms with E-state index in [1.54, 1.807) is 11.3 Å². The molecule has 0 bridgehead atoms. The molecule has 0 saturated carbocycles. The molecule has 0 saturated heterocycles. The van der Waals surface area contributed by atoms with Gasteiger partial charge in [0.2, 0.25) is 0 Å². The molecule has 0 aliphatic carbocycles. The van der Waals surface area contributed by atoms with Gasteiger partial charge in [-0.1, -0.05) is 42.5 Å². The zero-order chi connectivity index (χ0) is 13.2. The van der Waals surface area contributed by atoms with E-state index in [-0.39, 0.29) is 5.38 Å². The molecule has 1 aromatic heterocycles. The molecule has 1 unspecified atom stereocenters. The van der Waals surface area contributed by atoms with Crippen molar-refractivity contribution in [2.24, 2.45) is 0 Å². The Morgan fingerprint density at radius 1 is 1.05 bits per heavy atom. The number of alkyl halides is 1. The van der Waals surface area contributed by atoms with Gasteiger partial charge in [0.15, 0.2) is 0 Å². The van der Waals surface area contributed by atoms with Crippen molar-refractivity contribution in [2.75, 3.05) is 0 Å². The molecule has 2 aromatic carbocycles. The summed E-state index contributed by atoms with van der Waals surface area (Å²) in [6.45, 7) is 0. The van der Waals surface area contributed by atoms with Gasteiger partial charge in [0.1, 0.15) is 0 Å². The summed E-state index contributed by atoms with van der Waals surface area (Å²) in [4.78, 5) is 1.20. The average Bonchev–Trinajstić information content (AvgIpc) is 2.85. The summed E-state index contributed by atoms with van der Waals surface area (Å²) in [7, 11) is 0. The minimum absolute atomic E-state index is 0.0141. The van der Waals surface area contributed by atoms with Gasteiger partial charge in [-0.25, -0.2) is 0 Å². The number of hydrogen-bond acceptors (Lipinski definition) is 1. The summed E-state index contributed by atoms with van der Waals surface area (Å²) in [6, 6.07) is 16.9. The second kappa shape index (κ2) is 5.66. The second-order valence-corrected chi connectivity index (χ2v) is 6.77. The molecular formula is C16H12BrClS. The van der Waals surface area contributed by atoms with Crippen LogP contribution in [0.5, 0.6) is 0 Å². The highest BCUT2D eigenvalue weighted by atomic mass is 79.9. The van der Waals surface area contributed by atoms with Gasteiger partial charge in [-0.05, 0) is 50.1 Å². The number of hydrogen-bond donors (Lipinski definition) is 0. The molecule has 19 heavy (non-hydrogen) atoms. The molecule has 0 spiro atoms. The fraction of sp³-hybridized carbons (Fsp3) is 0.125. The van der Waals surface area contributed by atoms with Crippen LogP contribution in [-0.4, -0.2) is 0 Å². The van der Waals surface area contributed by atoms with E-state index in [1.165, 1.54) is 21.2 Å². The SMILES string of the molecule is ClC(Cc1cccc2ccccc12)c1sccc1Br. The van der Waals surface area contributed by atoms with Gasteiger partial charge in [0, 0.05) is 9.35 Å². The first-order chi connectivity index (χ1) is 9.25. The summed E-state index contributed by atoms with van der Waals surface area (Å²) in [5.74, 6) is 0. The van der Waals surface area contributed by atoms with E-state index in [9.17, 15) is 0 Å². The maximum Gasteiger partial charge on any atom is 0.0730 e. The standard InChI is InChI=1S/C16H12BrClS/c17-14-8-9-19-16(14)15(18)10-12-6-3-5-11-4-1-2-7-13(11)12/h1-9,15H,10H2. The van der Waals surface area contributed by atoms with E-state index in [0.717, 1.165) is 10.9 Å². The van der Waals surface area contributed by atoms with Crippen LogP contribution < -0.4 is 0 Å². The van der Waals surface area contributed by atoms with Gasteiger partial charge in [-0.15, -0.1) is 22.9 Å². The highest BCUT2D eigenvalue weighted by molar-refractivity contribution is 9.10. The molecule has 1 atom stereocenters. The van der Waals surface area contributed by atoms with Crippen molar-refractivity contribution in [3.8, 4) is 0 Å². The van der Waals surface area contributed by atoms with Crippen molar-refractivity contribution in [1.82, 2.24) is 0 Å². The van der Waals surface area contributed by atoms with Crippen molar-refractivity contribution < 1.29 is 0 Å². The summed E-state index contributed by atoms with van der Waals surface area (Å²) < 4.78 is 1.11. The Bertz CT molecular complexity index is 699. The van der Waals surface area contributed by atoms with Gasteiger partial charge in [-0.3, -0.25) is 0 Å². The van der Waals surface area contributed by atoms with Crippen LogP contribution in [0.3, 0.4) is 0 Å². The summed E-state index contributed by atoms with van der Waals surface area (Å²) in [6.07, 6.45) is 0.849. The first-order valence-corrected chi connectivity index (χ1v) is 8.20. The summed E-state index contributed by atoms with van der Waals surface area (Å²) in [5.41, 5.74) is 1.30. The number of halogens is 2. The quantitative estimate of drug-likeness (QED) is 0.494. The zero-order valence-electron chi connectivity index (χ0n) is 10.1. The van der Waals surface area contributed by atoms with Crippen LogP contribution >= 0.6 is 38.9 Å². The van der Waals surface area contributed by atoms with Gasteiger partial charge >= 0.3 is 0 Å². The molecule has 0 N–H and O–H groups in total. The minimum Gasteiger partial charge on any atom is -0.146 e. The minimum atomic E-state index is 0.0141. The predicted octanol–water partition coefficient (Wildman–Crippen LogP) is 6.19. The van der Waals surface area contributed by atoms with Crippen molar-refractivity contribution in [2.45, 2.75) is 11.8 Å². The van der Waals surface area contributed by atoms with E-state index in [2.05, 4.69) is 69.8 Å². The third-order valence-corrected chi connectivity index (χ3v) is 5.69. The normalized spacial score (nSPS) is 12.7. The van der Waals surface area contributed by atoms with E-state index in [0.29, 0.717) is 0 Å². The van der Waals surface area contributed by atoms with Crippen LogP contribution in [0.15, 0.2) is 58.4 Å². The third-order valence-electron chi connectivity index (χ3n) is 3.21. The molecule has 3 aromatic rings. The molecule has 1 heterocycles. The zero-order valence-corrected chi connectivity index (χ0v) is 13.3. The number of benzene rings is 2. The maximum absolute atomic E-state index is 6.57.